The van der Waals surface area contributed by atoms with E-state index in [9.17, 15) is 9.00 Å². The molecule has 0 spiro atoms. The summed E-state index contributed by atoms with van der Waals surface area (Å²) in [6, 6.07) is 23.5. The van der Waals surface area contributed by atoms with Crippen LogP contribution in [0.5, 0.6) is 5.75 Å². The molecular formula is C25H26N2O3S. The minimum atomic E-state index is -1.00. The summed E-state index contributed by atoms with van der Waals surface area (Å²) in [5.74, 6) is 0.609. The molecule has 1 N–H and O–H groups in total. The molecule has 1 aliphatic rings. The number of ether oxygens (including phenoxy) is 1. The maximum Gasteiger partial charge on any atom is 0.251 e. The second-order valence-corrected chi connectivity index (χ2v) is 8.91. The summed E-state index contributed by atoms with van der Waals surface area (Å²) in [6.45, 7) is 2.77. The van der Waals surface area contributed by atoms with Gasteiger partial charge in [-0.3, -0.25) is 9.00 Å². The first kappa shape index (κ1) is 21.1. The number of amides is 1. The van der Waals surface area contributed by atoms with E-state index in [1.807, 2.05) is 48.5 Å². The van der Waals surface area contributed by atoms with Gasteiger partial charge in [-0.05, 0) is 47.9 Å². The Kier molecular flexibility index (Phi) is 6.67. The van der Waals surface area contributed by atoms with E-state index in [0.29, 0.717) is 18.7 Å². The average Bonchev–Trinajstić information content (AvgIpc) is 2.81. The van der Waals surface area contributed by atoms with Crippen LogP contribution < -0.4 is 15.0 Å². The Labute approximate surface area is 185 Å². The highest BCUT2D eigenvalue weighted by molar-refractivity contribution is 7.84. The van der Waals surface area contributed by atoms with Gasteiger partial charge in [0.2, 0.25) is 0 Å². The van der Waals surface area contributed by atoms with Gasteiger partial charge in [-0.1, -0.05) is 42.5 Å². The summed E-state index contributed by atoms with van der Waals surface area (Å²) in [7, 11) is -1.00. The van der Waals surface area contributed by atoms with E-state index < -0.39 is 10.8 Å². The summed E-state index contributed by atoms with van der Waals surface area (Å²) in [5.41, 5.74) is 3.88. The van der Waals surface area contributed by atoms with Crippen molar-refractivity contribution in [3.63, 3.8) is 0 Å². The molecule has 0 fully saturated rings. The number of nitrogens with zero attached hydrogens (tertiary/aromatic N) is 1. The lowest BCUT2D eigenvalue weighted by atomic mass is 10.1. The van der Waals surface area contributed by atoms with Crippen molar-refractivity contribution in [1.29, 1.82) is 0 Å². The molecule has 3 aromatic rings. The second kappa shape index (κ2) is 9.79. The molecular weight excluding hydrogens is 408 g/mol. The van der Waals surface area contributed by atoms with Crippen LogP contribution in [0.1, 0.15) is 21.5 Å². The zero-order valence-corrected chi connectivity index (χ0v) is 18.4. The molecule has 1 aliphatic heterocycles. The number of nitrogens with one attached hydrogen (secondary N) is 1. The van der Waals surface area contributed by atoms with Gasteiger partial charge in [0.15, 0.2) is 0 Å². The van der Waals surface area contributed by atoms with Crippen LogP contribution in [0.2, 0.25) is 0 Å². The lowest BCUT2D eigenvalue weighted by Gasteiger charge is -2.31. The monoisotopic (exact) mass is 434 g/mol. The molecule has 1 unspecified atom stereocenters. The number of anilines is 1. The van der Waals surface area contributed by atoms with Crippen molar-refractivity contribution in [2.45, 2.75) is 17.9 Å². The van der Waals surface area contributed by atoms with Crippen molar-refractivity contribution in [2.75, 3.05) is 30.9 Å². The molecule has 1 amide bonds. The Balaban J connectivity index is 1.38. The number of fused-ring (bicyclic) bond motifs is 1. The standard InChI is InChI=1S/C25H26N2O3S/c1-31(29)22-10-7-20(8-11-22)18-26-25(28)21-9-12-23-24(17-21)30-16-15-27(23)14-13-19-5-3-2-4-6-19/h2-12,17H,13-16,18H2,1H3,(H,26,28). The normalized spacial score (nSPS) is 13.8. The highest BCUT2D eigenvalue weighted by atomic mass is 32.2. The van der Waals surface area contributed by atoms with E-state index in [-0.39, 0.29) is 5.91 Å². The van der Waals surface area contributed by atoms with Gasteiger partial charge in [-0.2, -0.15) is 0 Å². The molecule has 1 atom stereocenters. The maximum atomic E-state index is 12.6. The number of hydrogen-bond donors (Lipinski definition) is 1. The molecule has 160 valence electrons. The summed E-state index contributed by atoms with van der Waals surface area (Å²) in [5, 5.41) is 2.94. The fourth-order valence-corrected chi connectivity index (χ4v) is 4.16. The van der Waals surface area contributed by atoms with Crippen LogP contribution in [0.15, 0.2) is 77.7 Å². The van der Waals surface area contributed by atoms with E-state index in [4.69, 9.17) is 4.74 Å². The summed E-state index contributed by atoms with van der Waals surface area (Å²) >= 11 is 0. The first-order valence-electron chi connectivity index (χ1n) is 10.4. The van der Waals surface area contributed by atoms with Crippen molar-refractivity contribution >= 4 is 22.4 Å². The zero-order valence-electron chi connectivity index (χ0n) is 17.5. The number of benzene rings is 3. The average molecular weight is 435 g/mol. The van der Waals surface area contributed by atoms with Crippen molar-refractivity contribution in [2.24, 2.45) is 0 Å². The molecule has 0 saturated heterocycles. The minimum absolute atomic E-state index is 0.143. The van der Waals surface area contributed by atoms with Crippen LogP contribution in [0.25, 0.3) is 0 Å². The molecule has 0 radical (unpaired) electrons. The summed E-state index contributed by atoms with van der Waals surface area (Å²) < 4.78 is 17.3. The van der Waals surface area contributed by atoms with Crippen LogP contribution in [-0.2, 0) is 23.8 Å². The van der Waals surface area contributed by atoms with E-state index in [1.165, 1.54) is 5.56 Å². The van der Waals surface area contributed by atoms with Gasteiger partial charge in [-0.25, -0.2) is 0 Å². The lowest BCUT2D eigenvalue weighted by molar-refractivity contribution is 0.0950. The van der Waals surface area contributed by atoms with E-state index in [2.05, 4.69) is 34.5 Å². The van der Waals surface area contributed by atoms with Gasteiger partial charge in [0.05, 0.1) is 12.2 Å². The lowest BCUT2D eigenvalue weighted by Crippen LogP contribution is -2.34. The van der Waals surface area contributed by atoms with Gasteiger partial charge < -0.3 is 15.0 Å². The fourth-order valence-electron chi connectivity index (χ4n) is 3.64. The molecule has 6 heteroatoms. The van der Waals surface area contributed by atoms with Crippen LogP contribution >= 0.6 is 0 Å². The van der Waals surface area contributed by atoms with Gasteiger partial charge in [-0.15, -0.1) is 0 Å². The van der Waals surface area contributed by atoms with Crippen LogP contribution in [0.3, 0.4) is 0 Å². The Hall–Kier alpha value is -3.12. The number of carbonyl (C=O) groups is 1. The largest absolute Gasteiger partial charge is 0.490 e. The predicted octanol–water partition coefficient (Wildman–Crippen LogP) is 3.80. The van der Waals surface area contributed by atoms with Crippen molar-refractivity contribution in [3.05, 3.63) is 89.5 Å². The highest BCUT2D eigenvalue weighted by Gasteiger charge is 2.19. The first-order chi connectivity index (χ1) is 15.1. The minimum Gasteiger partial charge on any atom is -0.490 e. The third-order valence-electron chi connectivity index (χ3n) is 5.40. The summed E-state index contributed by atoms with van der Waals surface area (Å²) in [6.07, 6.45) is 2.62. The molecule has 3 aromatic carbocycles. The third kappa shape index (κ3) is 5.33. The molecule has 5 nitrogen and oxygen atoms in total. The number of hydrogen-bond acceptors (Lipinski definition) is 4. The van der Waals surface area contributed by atoms with Crippen molar-refractivity contribution in [3.8, 4) is 5.75 Å². The summed E-state index contributed by atoms with van der Waals surface area (Å²) in [4.78, 5) is 15.7. The smallest absolute Gasteiger partial charge is 0.251 e. The van der Waals surface area contributed by atoms with E-state index in [0.717, 1.165) is 41.4 Å². The Morgan fingerprint density at radius 1 is 1.03 bits per heavy atom. The third-order valence-corrected chi connectivity index (χ3v) is 6.34. The Bertz CT molecular complexity index is 1070. The quantitative estimate of drug-likeness (QED) is 0.615. The Morgan fingerprint density at radius 3 is 2.55 bits per heavy atom. The van der Waals surface area contributed by atoms with Crippen molar-refractivity contribution < 1.29 is 13.7 Å². The van der Waals surface area contributed by atoms with Crippen LogP contribution in [0, 0.1) is 0 Å². The van der Waals surface area contributed by atoms with Crippen LogP contribution in [-0.4, -0.2) is 36.1 Å². The van der Waals surface area contributed by atoms with Crippen LogP contribution in [0.4, 0.5) is 5.69 Å². The van der Waals surface area contributed by atoms with E-state index in [1.54, 1.807) is 6.26 Å². The van der Waals surface area contributed by atoms with Gasteiger partial charge in [0.25, 0.3) is 5.91 Å². The number of carbonyl (C=O) groups excluding carboxylic acids is 1. The molecule has 1 heterocycles. The molecule has 0 aromatic heterocycles. The maximum absolute atomic E-state index is 12.6. The highest BCUT2D eigenvalue weighted by Crippen LogP contribution is 2.32. The van der Waals surface area contributed by atoms with Gasteiger partial charge in [0.1, 0.15) is 12.4 Å². The molecule has 0 aliphatic carbocycles. The zero-order chi connectivity index (χ0) is 21.6. The van der Waals surface area contributed by atoms with E-state index >= 15 is 0 Å². The Morgan fingerprint density at radius 2 is 1.81 bits per heavy atom. The van der Waals surface area contributed by atoms with Gasteiger partial charge >= 0.3 is 0 Å². The van der Waals surface area contributed by atoms with Crippen molar-refractivity contribution in [1.82, 2.24) is 5.32 Å². The SMILES string of the molecule is CS(=O)c1ccc(CNC(=O)c2ccc3c(c2)OCCN3CCc2ccccc2)cc1. The molecule has 4 rings (SSSR count). The second-order valence-electron chi connectivity index (χ2n) is 7.53. The first-order valence-corrected chi connectivity index (χ1v) is 11.9. The predicted molar refractivity (Wildman–Crippen MR) is 124 cm³/mol. The fraction of sp³-hybridized carbons (Fsp3) is 0.240. The molecule has 0 saturated carbocycles. The topological polar surface area (TPSA) is 58.6 Å². The number of rotatable bonds is 7. The molecule has 31 heavy (non-hydrogen) atoms. The van der Waals surface area contributed by atoms with Gasteiger partial charge in [0, 0.05) is 40.6 Å². The molecule has 0 bridgehead atoms.